The van der Waals surface area contributed by atoms with Gasteiger partial charge in [-0.3, -0.25) is 0 Å². The summed E-state index contributed by atoms with van der Waals surface area (Å²) in [5, 5.41) is 10.9. The monoisotopic (exact) mass is 184 g/mol. The second kappa shape index (κ2) is 3.36. The topological polar surface area (TPSA) is 53.4 Å². The van der Waals surface area contributed by atoms with Crippen LogP contribution in [0.1, 0.15) is 6.92 Å². The predicted molar refractivity (Wildman–Crippen MR) is 47.4 cm³/mol. The van der Waals surface area contributed by atoms with Crippen molar-refractivity contribution in [2.75, 3.05) is 4.90 Å². The maximum atomic E-state index is 10.7. The lowest BCUT2D eigenvalue weighted by Crippen LogP contribution is -2.26. The number of nitrogens with zero attached hydrogens (tertiary/aromatic N) is 2. The summed E-state index contributed by atoms with van der Waals surface area (Å²) >= 11 is 1.26. The van der Waals surface area contributed by atoms with E-state index in [0.29, 0.717) is 10.8 Å². The summed E-state index contributed by atoms with van der Waals surface area (Å²) in [6, 6.07) is 0. The average molecular weight is 184 g/mol. The van der Waals surface area contributed by atoms with E-state index >= 15 is 0 Å². The molecule has 1 rings (SSSR count). The molecule has 0 fully saturated rings. The number of amides is 1. The van der Waals surface area contributed by atoms with Gasteiger partial charge in [-0.05, 0) is 6.92 Å². The Morgan fingerprint density at radius 3 is 2.83 bits per heavy atom. The number of allylic oxidation sites excluding steroid dienone is 1. The molecule has 0 aliphatic carbocycles. The van der Waals surface area contributed by atoms with Gasteiger partial charge in [0, 0.05) is 17.3 Å². The van der Waals surface area contributed by atoms with Crippen LogP contribution in [-0.2, 0) is 0 Å². The highest BCUT2D eigenvalue weighted by Gasteiger charge is 2.16. The second-order valence-electron chi connectivity index (χ2n) is 2.17. The number of aromatic nitrogens is 1. The van der Waals surface area contributed by atoms with Crippen LogP contribution in [0.25, 0.3) is 0 Å². The number of carbonyl (C=O) groups is 1. The number of hydrogen-bond donors (Lipinski definition) is 1. The van der Waals surface area contributed by atoms with Crippen molar-refractivity contribution < 1.29 is 9.90 Å². The van der Waals surface area contributed by atoms with E-state index in [0.717, 1.165) is 4.90 Å². The van der Waals surface area contributed by atoms with Crippen LogP contribution in [0, 0.1) is 0 Å². The molecule has 12 heavy (non-hydrogen) atoms. The summed E-state index contributed by atoms with van der Waals surface area (Å²) in [5.74, 6) is 0. The van der Waals surface area contributed by atoms with Crippen molar-refractivity contribution in [1.82, 2.24) is 4.98 Å². The van der Waals surface area contributed by atoms with Crippen molar-refractivity contribution in [1.29, 1.82) is 0 Å². The highest BCUT2D eigenvalue weighted by atomic mass is 32.1. The SMILES string of the molecule is C=C(C)N(C(=O)O)c1nccs1. The van der Waals surface area contributed by atoms with Crippen molar-refractivity contribution in [3.63, 3.8) is 0 Å². The third-order valence-electron chi connectivity index (χ3n) is 1.18. The Balaban J connectivity index is 2.96. The van der Waals surface area contributed by atoms with Crippen LogP contribution < -0.4 is 4.90 Å². The minimum atomic E-state index is -1.06. The molecule has 1 amide bonds. The quantitative estimate of drug-likeness (QED) is 0.766. The molecule has 4 nitrogen and oxygen atoms in total. The normalized spacial score (nSPS) is 9.42. The van der Waals surface area contributed by atoms with Gasteiger partial charge in [0.1, 0.15) is 0 Å². The molecule has 1 heterocycles. The van der Waals surface area contributed by atoms with Crippen LogP contribution >= 0.6 is 11.3 Å². The first kappa shape index (κ1) is 8.73. The van der Waals surface area contributed by atoms with Crippen molar-refractivity contribution in [2.45, 2.75) is 6.92 Å². The summed E-state index contributed by atoms with van der Waals surface area (Å²) in [4.78, 5) is 15.6. The molecular formula is C7H8N2O2S. The number of rotatable bonds is 2. The molecule has 0 saturated heterocycles. The highest BCUT2D eigenvalue weighted by Crippen LogP contribution is 2.20. The lowest BCUT2D eigenvalue weighted by molar-refractivity contribution is 0.204. The molecule has 0 aliphatic heterocycles. The standard InChI is InChI=1S/C7H8N2O2S/c1-5(2)9(7(10)11)6-8-3-4-12-6/h3-4H,1H2,2H3,(H,10,11). The molecule has 64 valence electrons. The van der Waals surface area contributed by atoms with E-state index in [-0.39, 0.29) is 0 Å². The first-order valence-corrected chi connectivity index (χ1v) is 4.09. The van der Waals surface area contributed by atoms with E-state index in [1.165, 1.54) is 11.3 Å². The zero-order valence-electron chi connectivity index (χ0n) is 6.52. The zero-order valence-corrected chi connectivity index (χ0v) is 7.34. The maximum Gasteiger partial charge on any atom is 0.418 e. The molecule has 0 aliphatic rings. The van der Waals surface area contributed by atoms with E-state index < -0.39 is 6.09 Å². The average Bonchev–Trinajstić information content (AvgIpc) is 2.37. The number of hydrogen-bond acceptors (Lipinski definition) is 3. The van der Waals surface area contributed by atoms with Gasteiger partial charge in [-0.15, -0.1) is 11.3 Å². The predicted octanol–water partition coefficient (Wildman–Crippen LogP) is 2.16. The highest BCUT2D eigenvalue weighted by molar-refractivity contribution is 7.13. The molecule has 5 heteroatoms. The Labute approximate surface area is 73.8 Å². The van der Waals surface area contributed by atoms with E-state index in [2.05, 4.69) is 11.6 Å². The van der Waals surface area contributed by atoms with E-state index in [9.17, 15) is 4.79 Å². The van der Waals surface area contributed by atoms with Gasteiger partial charge in [-0.25, -0.2) is 14.7 Å². The van der Waals surface area contributed by atoms with Gasteiger partial charge >= 0.3 is 6.09 Å². The Morgan fingerprint density at radius 2 is 2.50 bits per heavy atom. The van der Waals surface area contributed by atoms with Gasteiger partial charge in [-0.2, -0.15) is 0 Å². The van der Waals surface area contributed by atoms with Crippen LogP contribution in [0.3, 0.4) is 0 Å². The molecule has 0 aromatic carbocycles. The van der Waals surface area contributed by atoms with E-state index in [4.69, 9.17) is 5.11 Å². The van der Waals surface area contributed by atoms with Crippen molar-refractivity contribution in [2.24, 2.45) is 0 Å². The fraction of sp³-hybridized carbons (Fsp3) is 0.143. The minimum Gasteiger partial charge on any atom is -0.464 e. The Morgan fingerprint density at radius 1 is 1.83 bits per heavy atom. The Hall–Kier alpha value is -1.36. The fourth-order valence-electron chi connectivity index (χ4n) is 0.735. The molecule has 0 bridgehead atoms. The molecule has 1 aromatic heterocycles. The summed E-state index contributed by atoms with van der Waals surface area (Å²) in [5.41, 5.74) is 0.442. The zero-order chi connectivity index (χ0) is 9.14. The smallest absolute Gasteiger partial charge is 0.418 e. The number of thiazole rings is 1. The lowest BCUT2D eigenvalue weighted by Gasteiger charge is -2.14. The van der Waals surface area contributed by atoms with E-state index in [1.807, 2.05) is 0 Å². The fourth-order valence-corrected chi connectivity index (χ4v) is 1.44. The molecule has 0 atom stereocenters. The van der Waals surface area contributed by atoms with Crippen molar-refractivity contribution in [3.05, 3.63) is 23.9 Å². The Kier molecular flexibility index (Phi) is 2.44. The Bertz CT molecular complexity index is 280. The lowest BCUT2D eigenvalue weighted by atomic mass is 10.5. The van der Waals surface area contributed by atoms with Gasteiger partial charge in [-0.1, -0.05) is 6.58 Å². The largest absolute Gasteiger partial charge is 0.464 e. The third kappa shape index (κ3) is 1.62. The van der Waals surface area contributed by atoms with Crippen molar-refractivity contribution >= 4 is 22.6 Å². The van der Waals surface area contributed by atoms with Crippen LogP contribution in [0.15, 0.2) is 23.9 Å². The third-order valence-corrected chi connectivity index (χ3v) is 1.94. The first-order valence-electron chi connectivity index (χ1n) is 3.21. The van der Waals surface area contributed by atoms with Gasteiger partial charge in [0.2, 0.25) is 0 Å². The minimum absolute atomic E-state index is 0.426. The van der Waals surface area contributed by atoms with Crippen molar-refractivity contribution in [3.8, 4) is 0 Å². The van der Waals surface area contributed by atoms with Gasteiger partial charge in [0.15, 0.2) is 5.13 Å². The molecule has 0 radical (unpaired) electrons. The van der Waals surface area contributed by atoms with Crippen LogP contribution in [0.5, 0.6) is 0 Å². The summed E-state index contributed by atoms with van der Waals surface area (Å²) in [7, 11) is 0. The molecule has 0 unspecified atom stereocenters. The van der Waals surface area contributed by atoms with E-state index in [1.54, 1.807) is 18.5 Å². The maximum absolute atomic E-state index is 10.7. The van der Waals surface area contributed by atoms with Crippen LogP contribution in [-0.4, -0.2) is 16.2 Å². The summed E-state index contributed by atoms with van der Waals surface area (Å²) in [6.07, 6.45) is 0.497. The summed E-state index contributed by atoms with van der Waals surface area (Å²) < 4.78 is 0. The van der Waals surface area contributed by atoms with Crippen LogP contribution in [0.2, 0.25) is 0 Å². The number of carboxylic acid groups (broad SMARTS) is 1. The summed E-state index contributed by atoms with van der Waals surface area (Å²) in [6.45, 7) is 5.16. The molecule has 1 N–H and O–H groups in total. The van der Waals surface area contributed by atoms with Crippen LogP contribution in [0.4, 0.5) is 9.93 Å². The van der Waals surface area contributed by atoms with Gasteiger partial charge in [0.05, 0.1) is 0 Å². The number of anilines is 1. The first-order chi connectivity index (χ1) is 5.63. The molecule has 1 aromatic rings. The molecule has 0 saturated carbocycles. The molecular weight excluding hydrogens is 176 g/mol. The van der Waals surface area contributed by atoms with Gasteiger partial charge in [0.25, 0.3) is 0 Å². The second-order valence-corrected chi connectivity index (χ2v) is 3.04. The van der Waals surface area contributed by atoms with Gasteiger partial charge < -0.3 is 5.11 Å². The molecule has 0 spiro atoms.